The molecule has 1 fully saturated rings. The molecule has 2 aromatic carbocycles. The molecular weight excluding hydrogens is 372 g/mol. The van der Waals surface area contributed by atoms with Crippen molar-refractivity contribution in [3.8, 4) is 5.75 Å². The Kier molecular flexibility index (Phi) is 5.94. The van der Waals surface area contributed by atoms with E-state index >= 15 is 0 Å². The highest BCUT2D eigenvalue weighted by atomic mass is 28.1. The summed E-state index contributed by atoms with van der Waals surface area (Å²) in [5, 5.41) is 0. The molecule has 0 bridgehead atoms. The van der Waals surface area contributed by atoms with Gasteiger partial charge in [-0.3, -0.25) is 0 Å². The molecule has 0 aromatic heterocycles. The van der Waals surface area contributed by atoms with Gasteiger partial charge < -0.3 is 4.74 Å². The van der Waals surface area contributed by atoms with Crippen LogP contribution in [0.4, 0.5) is 17.6 Å². The standard InChI is InChI=1S/C21H21F4OSi/c1-13-19(22)10-17(11-20(13)23)21(24,25)26-18-8-6-16(7-9-18)15-4-2-14(12-27)3-5-15/h6-11,14-15H,2-5,12H2,1H3. The van der Waals surface area contributed by atoms with Crippen molar-refractivity contribution < 1.29 is 22.3 Å². The zero-order valence-corrected chi connectivity index (χ0v) is 16.1. The SMILES string of the molecule is Cc1c(F)cc(C(F)(F)Oc2ccc(C3CCC(C[Si])CC3)cc2)cc1F. The molecule has 0 atom stereocenters. The van der Waals surface area contributed by atoms with E-state index in [2.05, 4.69) is 10.2 Å². The second-order valence-corrected chi connectivity index (χ2v) is 7.58. The first-order chi connectivity index (χ1) is 12.8. The van der Waals surface area contributed by atoms with Crippen molar-refractivity contribution in [2.45, 2.75) is 50.7 Å². The Bertz CT molecular complexity index is 760. The summed E-state index contributed by atoms with van der Waals surface area (Å²) in [6.45, 7) is 1.19. The Balaban J connectivity index is 1.70. The smallest absolute Gasteiger partial charge is 0.426 e. The minimum absolute atomic E-state index is 0.0426. The van der Waals surface area contributed by atoms with E-state index in [9.17, 15) is 17.6 Å². The van der Waals surface area contributed by atoms with Gasteiger partial charge in [0.25, 0.3) is 0 Å². The van der Waals surface area contributed by atoms with Crippen molar-refractivity contribution in [1.82, 2.24) is 0 Å². The number of hydrogen-bond donors (Lipinski definition) is 0. The minimum atomic E-state index is -3.83. The molecule has 3 rings (SSSR count). The lowest BCUT2D eigenvalue weighted by Crippen LogP contribution is -2.22. The van der Waals surface area contributed by atoms with Crippen LogP contribution in [-0.4, -0.2) is 10.2 Å². The predicted molar refractivity (Wildman–Crippen MR) is 97.3 cm³/mol. The van der Waals surface area contributed by atoms with Crippen molar-refractivity contribution >= 4 is 10.2 Å². The van der Waals surface area contributed by atoms with Gasteiger partial charge in [0.1, 0.15) is 17.4 Å². The maximum atomic E-state index is 14.3. The van der Waals surface area contributed by atoms with Gasteiger partial charge in [-0.1, -0.05) is 31.0 Å². The lowest BCUT2D eigenvalue weighted by molar-refractivity contribution is -0.185. The number of halogens is 4. The summed E-state index contributed by atoms with van der Waals surface area (Å²) in [6.07, 6.45) is 0.621. The average molecular weight is 393 g/mol. The Labute approximate surface area is 160 Å². The highest BCUT2D eigenvalue weighted by molar-refractivity contribution is 6.08. The number of hydrogen-bond acceptors (Lipinski definition) is 1. The number of alkyl halides is 2. The number of benzene rings is 2. The summed E-state index contributed by atoms with van der Waals surface area (Å²) >= 11 is 0. The molecule has 3 radical (unpaired) electrons. The molecule has 0 heterocycles. The first kappa shape index (κ1) is 19.9. The van der Waals surface area contributed by atoms with E-state index in [1.54, 1.807) is 12.1 Å². The molecule has 1 aliphatic rings. The summed E-state index contributed by atoms with van der Waals surface area (Å²) in [5.74, 6) is -0.965. The molecule has 6 heteroatoms. The van der Waals surface area contributed by atoms with Crippen LogP contribution in [0.1, 0.15) is 48.3 Å². The van der Waals surface area contributed by atoms with Gasteiger partial charge in [-0.05, 0) is 61.4 Å². The predicted octanol–water partition coefficient (Wildman–Crippen LogP) is 6.26. The van der Waals surface area contributed by atoms with Crippen molar-refractivity contribution in [1.29, 1.82) is 0 Å². The molecule has 0 spiro atoms. The molecule has 0 amide bonds. The van der Waals surface area contributed by atoms with Gasteiger partial charge >= 0.3 is 6.11 Å². The maximum Gasteiger partial charge on any atom is 0.426 e. The minimum Gasteiger partial charge on any atom is -0.429 e. The Hall–Kier alpha value is -1.82. The summed E-state index contributed by atoms with van der Waals surface area (Å²) in [6, 6.07) is 8.78. The van der Waals surface area contributed by atoms with Gasteiger partial charge in [0, 0.05) is 15.8 Å². The van der Waals surface area contributed by atoms with Crippen LogP contribution in [0.3, 0.4) is 0 Å². The highest BCUT2D eigenvalue weighted by Crippen LogP contribution is 2.38. The number of ether oxygens (including phenoxy) is 1. The quantitative estimate of drug-likeness (QED) is 0.430. The summed E-state index contributed by atoms with van der Waals surface area (Å²) in [5.41, 5.74) is -0.0426. The first-order valence-corrected chi connectivity index (χ1v) is 9.78. The molecular formula is C21H21F4OSi. The van der Waals surface area contributed by atoms with E-state index in [0.717, 1.165) is 37.3 Å². The van der Waals surface area contributed by atoms with E-state index in [1.807, 2.05) is 0 Å². The zero-order valence-electron chi connectivity index (χ0n) is 15.1. The first-order valence-electron chi connectivity index (χ1n) is 9.07. The molecule has 0 N–H and O–H groups in total. The van der Waals surface area contributed by atoms with E-state index in [1.165, 1.54) is 19.1 Å². The second kappa shape index (κ2) is 8.05. The fraction of sp³-hybridized carbons (Fsp3) is 0.429. The van der Waals surface area contributed by atoms with Crippen LogP contribution in [0.2, 0.25) is 6.04 Å². The van der Waals surface area contributed by atoms with Crippen LogP contribution in [0.15, 0.2) is 36.4 Å². The van der Waals surface area contributed by atoms with Gasteiger partial charge in [0.15, 0.2) is 0 Å². The Morgan fingerprint density at radius 3 is 2.07 bits per heavy atom. The van der Waals surface area contributed by atoms with Gasteiger partial charge in [0.05, 0.1) is 5.56 Å². The van der Waals surface area contributed by atoms with Crippen molar-refractivity contribution in [2.75, 3.05) is 0 Å². The second-order valence-electron chi connectivity index (χ2n) is 7.17. The molecule has 1 nitrogen and oxygen atoms in total. The normalized spacial score (nSPS) is 20.5. The van der Waals surface area contributed by atoms with E-state index in [0.29, 0.717) is 24.0 Å². The van der Waals surface area contributed by atoms with Crippen molar-refractivity contribution in [3.63, 3.8) is 0 Å². The van der Waals surface area contributed by atoms with Gasteiger partial charge in [-0.15, -0.1) is 0 Å². The molecule has 0 aliphatic heterocycles. The van der Waals surface area contributed by atoms with Crippen LogP contribution in [-0.2, 0) is 6.11 Å². The molecule has 1 aliphatic carbocycles. The lowest BCUT2D eigenvalue weighted by Gasteiger charge is -2.28. The van der Waals surface area contributed by atoms with E-state index in [-0.39, 0.29) is 11.3 Å². The monoisotopic (exact) mass is 393 g/mol. The molecule has 2 aromatic rings. The van der Waals surface area contributed by atoms with Crippen LogP contribution in [0, 0.1) is 24.5 Å². The third-order valence-electron chi connectivity index (χ3n) is 5.35. The topological polar surface area (TPSA) is 9.23 Å². The number of rotatable bonds is 5. The molecule has 143 valence electrons. The fourth-order valence-corrected chi connectivity index (χ4v) is 3.94. The largest absolute Gasteiger partial charge is 0.429 e. The lowest BCUT2D eigenvalue weighted by atomic mass is 9.79. The van der Waals surface area contributed by atoms with Crippen LogP contribution in [0.5, 0.6) is 5.75 Å². The van der Waals surface area contributed by atoms with Crippen LogP contribution < -0.4 is 4.74 Å². The third kappa shape index (κ3) is 4.54. The van der Waals surface area contributed by atoms with Crippen LogP contribution >= 0.6 is 0 Å². The van der Waals surface area contributed by atoms with E-state index in [4.69, 9.17) is 4.74 Å². The van der Waals surface area contributed by atoms with Crippen molar-refractivity contribution in [2.24, 2.45) is 5.92 Å². The molecule has 0 unspecified atom stereocenters. The Morgan fingerprint density at radius 2 is 1.56 bits per heavy atom. The van der Waals surface area contributed by atoms with Crippen LogP contribution in [0.25, 0.3) is 0 Å². The Morgan fingerprint density at radius 1 is 1.00 bits per heavy atom. The molecule has 27 heavy (non-hydrogen) atoms. The van der Waals surface area contributed by atoms with Crippen molar-refractivity contribution in [3.05, 3.63) is 64.7 Å². The molecule has 1 saturated carbocycles. The third-order valence-corrected chi connectivity index (χ3v) is 5.93. The maximum absolute atomic E-state index is 14.3. The van der Waals surface area contributed by atoms with Gasteiger partial charge in [-0.25, -0.2) is 8.78 Å². The summed E-state index contributed by atoms with van der Waals surface area (Å²) in [4.78, 5) is 0. The average Bonchev–Trinajstić information content (AvgIpc) is 2.66. The summed E-state index contributed by atoms with van der Waals surface area (Å²) in [7, 11) is 3.57. The van der Waals surface area contributed by atoms with Gasteiger partial charge in [0.2, 0.25) is 0 Å². The fourth-order valence-electron chi connectivity index (χ4n) is 3.53. The zero-order chi connectivity index (χ0) is 19.6. The molecule has 0 saturated heterocycles. The summed E-state index contributed by atoms with van der Waals surface area (Å²) < 4.78 is 60.5. The van der Waals surface area contributed by atoms with Gasteiger partial charge in [-0.2, -0.15) is 8.78 Å². The highest BCUT2D eigenvalue weighted by Gasteiger charge is 2.36. The van der Waals surface area contributed by atoms with E-state index < -0.39 is 23.3 Å².